The number of nitrogens with zero attached hydrogens (tertiary/aromatic N) is 3. The zero-order valence-corrected chi connectivity index (χ0v) is 19.0. The lowest BCUT2D eigenvalue weighted by molar-refractivity contribution is -0.121. The summed E-state index contributed by atoms with van der Waals surface area (Å²) in [5.74, 6) is -0.165. The molecule has 0 saturated heterocycles. The zero-order valence-electron chi connectivity index (χ0n) is 19.0. The number of amides is 1. The van der Waals surface area contributed by atoms with Gasteiger partial charge in [-0.2, -0.15) is 0 Å². The molecule has 0 aliphatic carbocycles. The first kappa shape index (κ1) is 22.5. The summed E-state index contributed by atoms with van der Waals surface area (Å²) in [7, 11) is 1.64. The molecule has 1 amide bonds. The van der Waals surface area contributed by atoms with E-state index in [9.17, 15) is 9.59 Å². The van der Waals surface area contributed by atoms with Gasteiger partial charge in [0, 0.05) is 38.6 Å². The maximum Gasteiger partial charge on any atom is 0.277 e. The van der Waals surface area contributed by atoms with E-state index < -0.39 is 0 Å². The molecule has 0 bridgehead atoms. The van der Waals surface area contributed by atoms with Gasteiger partial charge in [-0.3, -0.25) is 14.2 Å². The number of hydrogen-bond donors (Lipinski definition) is 1. The van der Waals surface area contributed by atoms with Crippen LogP contribution < -0.4 is 10.9 Å². The Morgan fingerprint density at radius 1 is 1.06 bits per heavy atom. The van der Waals surface area contributed by atoms with Gasteiger partial charge in [0.2, 0.25) is 5.91 Å². The lowest BCUT2D eigenvalue weighted by Crippen LogP contribution is -2.29. The maximum absolute atomic E-state index is 13.3. The van der Waals surface area contributed by atoms with Crippen LogP contribution in [0.2, 0.25) is 0 Å². The molecular weight excluding hydrogens is 416 g/mol. The van der Waals surface area contributed by atoms with Crippen molar-refractivity contribution in [1.29, 1.82) is 0 Å². The van der Waals surface area contributed by atoms with E-state index >= 15 is 0 Å². The molecule has 0 radical (unpaired) electrons. The quantitative estimate of drug-likeness (QED) is 0.401. The predicted molar refractivity (Wildman–Crippen MR) is 129 cm³/mol. The lowest BCUT2D eigenvalue weighted by atomic mass is 10.1. The predicted octanol–water partition coefficient (Wildman–Crippen LogP) is 3.53. The monoisotopic (exact) mass is 444 g/mol. The summed E-state index contributed by atoms with van der Waals surface area (Å²) >= 11 is 0. The minimum atomic E-state index is -0.165. The number of benzene rings is 2. The van der Waals surface area contributed by atoms with Crippen LogP contribution in [-0.4, -0.2) is 33.7 Å². The van der Waals surface area contributed by atoms with E-state index in [-0.39, 0.29) is 18.0 Å². The Balaban J connectivity index is 1.64. The molecule has 33 heavy (non-hydrogen) atoms. The highest BCUT2D eigenvalue weighted by Gasteiger charge is 2.18. The molecule has 170 valence electrons. The van der Waals surface area contributed by atoms with Crippen LogP contribution in [0.25, 0.3) is 22.2 Å². The molecule has 2 aromatic carbocycles. The molecule has 2 heterocycles. The summed E-state index contributed by atoms with van der Waals surface area (Å²) in [6.07, 6.45) is 4.13. The Hall–Kier alpha value is -3.71. The van der Waals surface area contributed by atoms with Crippen LogP contribution in [0.1, 0.15) is 17.5 Å². The minimum absolute atomic E-state index is 0.0359. The van der Waals surface area contributed by atoms with Crippen molar-refractivity contribution < 1.29 is 9.53 Å². The molecule has 0 atom stereocenters. The topological polar surface area (TPSA) is 78.2 Å². The first-order valence-electron chi connectivity index (χ1n) is 11.0. The molecule has 0 saturated carbocycles. The van der Waals surface area contributed by atoms with E-state index in [1.54, 1.807) is 22.6 Å². The fraction of sp³-hybridized carbons (Fsp3) is 0.269. The number of carbonyl (C=O) groups excluding carboxylic acids is 1. The number of aryl methyl sites for hydroxylation is 2. The number of carbonyl (C=O) groups is 1. The highest BCUT2D eigenvalue weighted by atomic mass is 16.5. The molecule has 4 rings (SSSR count). The smallest absolute Gasteiger partial charge is 0.277 e. The third kappa shape index (κ3) is 5.21. The number of rotatable bonds is 9. The Morgan fingerprint density at radius 3 is 2.55 bits per heavy atom. The number of ether oxygens (including phenoxy) is 1. The highest BCUT2D eigenvalue weighted by molar-refractivity contribution is 5.93. The SMILES string of the molecule is COCCCn1cnc2c(-c3ccccc3)cn(CC(=O)NCc3ccc(C)cc3)c2c1=O. The minimum Gasteiger partial charge on any atom is -0.385 e. The average molecular weight is 445 g/mol. The van der Waals surface area contributed by atoms with Gasteiger partial charge < -0.3 is 14.6 Å². The molecule has 4 aromatic rings. The van der Waals surface area contributed by atoms with Crippen molar-refractivity contribution in [2.75, 3.05) is 13.7 Å². The summed E-state index contributed by atoms with van der Waals surface area (Å²) in [6.45, 7) is 3.56. The van der Waals surface area contributed by atoms with Gasteiger partial charge >= 0.3 is 0 Å². The zero-order chi connectivity index (χ0) is 23.2. The standard InChI is InChI=1S/C26H28N4O3/c1-19-9-11-20(12-10-19)15-27-23(31)17-30-16-22(21-7-4-3-5-8-21)24-25(30)26(32)29(18-28-24)13-6-14-33-2/h3-5,7-12,16,18H,6,13-15,17H2,1-2H3,(H,27,31). The number of hydrogen-bond acceptors (Lipinski definition) is 4. The molecule has 0 aliphatic heterocycles. The molecule has 0 fully saturated rings. The van der Waals surface area contributed by atoms with Crippen molar-refractivity contribution >= 4 is 16.9 Å². The summed E-state index contributed by atoms with van der Waals surface area (Å²) in [5, 5.41) is 2.95. The van der Waals surface area contributed by atoms with E-state index in [2.05, 4.69) is 10.3 Å². The second-order valence-corrected chi connectivity index (χ2v) is 8.09. The first-order valence-corrected chi connectivity index (χ1v) is 11.0. The molecule has 1 N–H and O–H groups in total. The summed E-state index contributed by atoms with van der Waals surface area (Å²) in [5.41, 5.74) is 4.85. The van der Waals surface area contributed by atoms with Gasteiger partial charge in [-0.1, -0.05) is 60.2 Å². The normalized spacial score (nSPS) is 11.1. The van der Waals surface area contributed by atoms with Gasteiger partial charge in [-0.25, -0.2) is 4.98 Å². The van der Waals surface area contributed by atoms with Crippen LogP contribution in [0.4, 0.5) is 0 Å². The summed E-state index contributed by atoms with van der Waals surface area (Å²) in [6, 6.07) is 17.8. The van der Waals surface area contributed by atoms with Crippen molar-refractivity contribution in [3.63, 3.8) is 0 Å². The fourth-order valence-corrected chi connectivity index (χ4v) is 3.83. The van der Waals surface area contributed by atoms with E-state index in [0.717, 1.165) is 16.7 Å². The third-order valence-electron chi connectivity index (χ3n) is 5.60. The molecule has 7 heteroatoms. The van der Waals surface area contributed by atoms with Crippen molar-refractivity contribution in [3.05, 3.63) is 88.6 Å². The van der Waals surface area contributed by atoms with E-state index in [4.69, 9.17) is 4.74 Å². The van der Waals surface area contributed by atoms with Crippen LogP contribution >= 0.6 is 0 Å². The molecule has 7 nitrogen and oxygen atoms in total. The van der Waals surface area contributed by atoms with E-state index in [0.29, 0.717) is 37.2 Å². The van der Waals surface area contributed by atoms with E-state index in [1.807, 2.05) is 67.7 Å². The molecular formula is C26H28N4O3. The number of fused-ring (bicyclic) bond motifs is 1. The van der Waals surface area contributed by atoms with Crippen molar-refractivity contribution in [3.8, 4) is 11.1 Å². The van der Waals surface area contributed by atoms with Crippen molar-refractivity contribution in [1.82, 2.24) is 19.4 Å². The average Bonchev–Trinajstić information content (AvgIpc) is 3.20. The second kappa shape index (κ2) is 10.3. The van der Waals surface area contributed by atoms with Gasteiger partial charge in [0.25, 0.3) is 5.56 Å². The van der Waals surface area contributed by atoms with Gasteiger partial charge in [0.15, 0.2) is 0 Å². The molecule has 0 spiro atoms. The Morgan fingerprint density at radius 2 is 1.82 bits per heavy atom. The van der Waals surface area contributed by atoms with Crippen LogP contribution in [0.15, 0.2) is 71.9 Å². The van der Waals surface area contributed by atoms with Gasteiger partial charge in [-0.05, 0) is 24.5 Å². The maximum atomic E-state index is 13.3. The fourth-order valence-electron chi connectivity index (χ4n) is 3.83. The first-order chi connectivity index (χ1) is 16.1. The highest BCUT2D eigenvalue weighted by Crippen LogP contribution is 2.27. The Bertz CT molecular complexity index is 1290. The molecule has 0 aliphatic rings. The molecule has 2 aromatic heterocycles. The van der Waals surface area contributed by atoms with Gasteiger partial charge in [0.05, 0.1) is 6.33 Å². The van der Waals surface area contributed by atoms with Gasteiger partial charge in [0.1, 0.15) is 17.6 Å². The van der Waals surface area contributed by atoms with Crippen molar-refractivity contribution in [2.24, 2.45) is 0 Å². The Kier molecular flexibility index (Phi) is 7.00. The largest absolute Gasteiger partial charge is 0.385 e. The summed E-state index contributed by atoms with van der Waals surface area (Å²) < 4.78 is 8.40. The van der Waals surface area contributed by atoms with Crippen LogP contribution in [-0.2, 0) is 29.2 Å². The number of methoxy groups -OCH3 is 1. The van der Waals surface area contributed by atoms with Crippen LogP contribution in [0.3, 0.4) is 0 Å². The van der Waals surface area contributed by atoms with Crippen molar-refractivity contribution in [2.45, 2.75) is 33.0 Å². The van der Waals surface area contributed by atoms with Gasteiger partial charge in [-0.15, -0.1) is 0 Å². The number of aromatic nitrogens is 3. The Labute approximate surface area is 192 Å². The third-order valence-corrected chi connectivity index (χ3v) is 5.60. The van der Waals surface area contributed by atoms with Crippen LogP contribution in [0, 0.1) is 6.92 Å². The van der Waals surface area contributed by atoms with Crippen LogP contribution in [0.5, 0.6) is 0 Å². The molecule has 0 unspecified atom stereocenters. The van der Waals surface area contributed by atoms with E-state index in [1.165, 1.54) is 5.56 Å². The summed E-state index contributed by atoms with van der Waals surface area (Å²) in [4.78, 5) is 30.7. The second-order valence-electron chi connectivity index (χ2n) is 8.09. The number of nitrogens with one attached hydrogen (secondary N) is 1. The lowest BCUT2D eigenvalue weighted by Gasteiger charge is -2.09.